The van der Waals surface area contributed by atoms with Gasteiger partial charge in [0.1, 0.15) is 5.82 Å². The van der Waals surface area contributed by atoms with Crippen LogP contribution in [0.2, 0.25) is 0 Å². The van der Waals surface area contributed by atoms with Crippen LogP contribution in [0, 0.1) is 5.92 Å². The van der Waals surface area contributed by atoms with E-state index in [2.05, 4.69) is 22.9 Å². The normalized spacial score (nSPS) is 16.4. The average Bonchev–Trinajstić information content (AvgIpc) is 2.24. The minimum atomic E-state index is 0.603. The Labute approximate surface area is 97.7 Å². The molecule has 1 saturated carbocycles. The quantitative estimate of drug-likeness (QED) is 0.826. The van der Waals surface area contributed by atoms with Gasteiger partial charge >= 0.3 is 0 Å². The number of nitrogens with zero attached hydrogens (tertiary/aromatic N) is 2. The van der Waals surface area contributed by atoms with Gasteiger partial charge in [0.2, 0.25) is 0 Å². The first-order valence-corrected chi connectivity index (χ1v) is 6.20. The SMILES string of the molecule is CCN(Cc1ccc(N)nc1)CC1CCC1. The molecule has 0 unspecified atom stereocenters. The lowest BCUT2D eigenvalue weighted by Crippen LogP contribution is -2.32. The number of aromatic nitrogens is 1. The van der Waals surface area contributed by atoms with Crippen LogP contribution in [0.15, 0.2) is 18.3 Å². The molecule has 2 rings (SSSR count). The van der Waals surface area contributed by atoms with Crippen LogP contribution >= 0.6 is 0 Å². The van der Waals surface area contributed by atoms with E-state index in [1.807, 2.05) is 12.3 Å². The molecule has 1 heterocycles. The number of hydrogen-bond acceptors (Lipinski definition) is 3. The summed E-state index contributed by atoms with van der Waals surface area (Å²) in [4.78, 5) is 6.63. The summed E-state index contributed by atoms with van der Waals surface area (Å²) in [5.41, 5.74) is 6.84. The molecule has 1 aliphatic carbocycles. The molecule has 1 aromatic heterocycles. The summed E-state index contributed by atoms with van der Waals surface area (Å²) in [5, 5.41) is 0. The second-order valence-corrected chi connectivity index (χ2v) is 4.72. The smallest absolute Gasteiger partial charge is 0.123 e. The van der Waals surface area contributed by atoms with Gasteiger partial charge in [-0.25, -0.2) is 4.98 Å². The van der Waals surface area contributed by atoms with E-state index in [-0.39, 0.29) is 0 Å². The third-order valence-corrected chi connectivity index (χ3v) is 3.44. The van der Waals surface area contributed by atoms with Crippen molar-refractivity contribution >= 4 is 5.82 Å². The van der Waals surface area contributed by atoms with E-state index in [0.717, 1.165) is 19.0 Å². The molecule has 0 amide bonds. The Morgan fingerprint density at radius 2 is 2.25 bits per heavy atom. The molecule has 1 fully saturated rings. The largest absolute Gasteiger partial charge is 0.384 e. The van der Waals surface area contributed by atoms with Crippen molar-refractivity contribution in [2.24, 2.45) is 5.92 Å². The number of pyridine rings is 1. The highest BCUT2D eigenvalue weighted by molar-refractivity contribution is 5.29. The lowest BCUT2D eigenvalue weighted by atomic mass is 9.85. The lowest BCUT2D eigenvalue weighted by Gasteiger charge is -2.31. The number of anilines is 1. The second kappa shape index (κ2) is 5.30. The first-order valence-electron chi connectivity index (χ1n) is 6.20. The first-order chi connectivity index (χ1) is 7.78. The van der Waals surface area contributed by atoms with Crippen molar-refractivity contribution in [1.82, 2.24) is 9.88 Å². The highest BCUT2D eigenvalue weighted by Gasteiger charge is 2.19. The van der Waals surface area contributed by atoms with Crippen molar-refractivity contribution < 1.29 is 0 Å². The van der Waals surface area contributed by atoms with E-state index in [1.165, 1.54) is 31.4 Å². The van der Waals surface area contributed by atoms with Crippen molar-refractivity contribution in [3.8, 4) is 0 Å². The van der Waals surface area contributed by atoms with Gasteiger partial charge in [0.25, 0.3) is 0 Å². The fraction of sp³-hybridized carbons (Fsp3) is 0.615. The van der Waals surface area contributed by atoms with Crippen molar-refractivity contribution in [3.05, 3.63) is 23.9 Å². The minimum Gasteiger partial charge on any atom is -0.384 e. The van der Waals surface area contributed by atoms with E-state index in [1.54, 1.807) is 0 Å². The minimum absolute atomic E-state index is 0.603. The average molecular weight is 219 g/mol. The highest BCUT2D eigenvalue weighted by Crippen LogP contribution is 2.27. The Morgan fingerprint density at radius 3 is 2.75 bits per heavy atom. The van der Waals surface area contributed by atoms with E-state index in [0.29, 0.717) is 5.82 Å². The fourth-order valence-electron chi connectivity index (χ4n) is 2.13. The van der Waals surface area contributed by atoms with Gasteiger partial charge in [0.05, 0.1) is 0 Å². The number of nitrogens with two attached hydrogens (primary N) is 1. The van der Waals surface area contributed by atoms with Crippen LogP contribution in [0.3, 0.4) is 0 Å². The van der Waals surface area contributed by atoms with Gasteiger partial charge in [-0.2, -0.15) is 0 Å². The summed E-state index contributed by atoms with van der Waals surface area (Å²) in [6, 6.07) is 3.96. The van der Waals surface area contributed by atoms with Crippen LogP contribution in [0.25, 0.3) is 0 Å². The monoisotopic (exact) mass is 219 g/mol. The maximum atomic E-state index is 5.58. The molecule has 0 radical (unpaired) electrons. The van der Waals surface area contributed by atoms with Crippen molar-refractivity contribution in [3.63, 3.8) is 0 Å². The first kappa shape index (κ1) is 11.4. The molecule has 0 saturated heterocycles. The topological polar surface area (TPSA) is 42.1 Å². The van der Waals surface area contributed by atoms with Crippen LogP contribution in [-0.2, 0) is 6.54 Å². The Balaban J connectivity index is 1.87. The molecular weight excluding hydrogens is 198 g/mol. The predicted octanol–water partition coefficient (Wildman–Crippen LogP) is 2.29. The fourth-order valence-corrected chi connectivity index (χ4v) is 2.13. The van der Waals surface area contributed by atoms with Crippen LogP contribution in [0.5, 0.6) is 0 Å². The molecule has 0 aliphatic heterocycles. The highest BCUT2D eigenvalue weighted by atomic mass is 15.1. The molecule has 0 aromatic carbocycles. The van der Waals surface area contributed by atoms with Gasteiger partial charge < -0.3 is 5.73 Å². The maximum absolute atomic E-state index is 5.58. The van der Waals surface area contributed by atoms with Gasteiger partial charge in [-0.15, -0.1) is 0 Å². The van der Waals surface area contributed by atoms with Gasteiger partial charge in [-0.05, 0) is 36.9 Å². The maximum Gasteiger partial charge on any atom is 0.123 e. The molecule has 16 heavy (non-hydrogen) atoms. The molecule has 3 nitrogen and oxygen atoms in total. The summed E-state index contributed by atoms with van der Waals surface area (Å²) >= 11 is 0. The van der Waals surface area contributed by atoms with Crippen LogP contribution in [0.4, 0.5) is 5.82 Å². The summed E-state index contributed by atoms with van der Waals surface area (Å²) in [6.07, 6.45) is 6.14. The zero-order chi connectivity index (χ0) is 11.4. The molecule has 0 bridgehead atoms. The third-order valence-electron chi connectivity index (χ3n) is 3.44. The number of hydrogen-bond donors (Lipinski definition) is 1. The molecule has 0 atom stereocenters. The van der Waals surface area contributed by atoms with Gasteiger partial charge in [0.15, 0.2) is 0 Å². The molecular formula is C13H21N3. The van der Waals surface area contributed by atoms with E-state index < -0.39 is 0 Å². The summed E-state index contributed by atoms with van der Waals surface area (Å²) in [7, 11) is 0. The zero-order valence-electron chi connectivity index (χ0n) is 10.0. The third kappa shape index (κ3) is 2.95. The van der Waals surface area contributed by atoms with E-state index in [9.17, 15) is 0 Å². The zero-order valence-corrected chi connectivity index (χ0v) is 10.0. The molecule has 88 valence electrons. The molecule has 1 aliphatic rings. The van der Waals surface area contributed by atoms with Crippen molar-refractivity contribution in [1.29, 1.82) is 0 Å². The standard InChI is InChI=1S/C13H21N3/c1-2-16(9-11-4-3-5-11)10-12-6-7-13(14)15-8-12/h6-8,11H,2-5,9-10H2,1H3,(H2,14,15). The van der Waals surface area contributed by atoms with Crippen LogP contribution in [0.1, 0.15) is 31.7 Å². The predicted molar refractivity (Wildman–Crippen MR) is 66.9 cm³/mol. The Morgan fingerprint density at radius 1 is 1.44 bits per heavy atom. The molecule has 0 spiro atoms. The van der Waals surface area contributed by atoms with Crippen molar-refractivity contribution in [2.45, 2.75) is 32.7 Å². The number of nitrogen functional groups attached to an aromatic ring is 1. The molecule has 3 heteroatoms. The Hall–Kier alpha value is -1.09. The van der Waals surface area contributed by atoms with Crippen LogP contribution in [-0.4, -0.2) is 23.0 Å². The van der Waals surface area contributed by atoms with Gasteiger partial charge in [0, 0.05) is 19.3 Å². The molecule has 2 N–H and O–H groups in total. The number of rotatable bonds is 5. The lowest BCUT2D eigenvalue weighted by molar-refractivity contribution is 0.178. The van der Waals surface area contributed by atoms with Crippen molar-refractivity contribution in [2.75, 3.05) is 18.8 Å². The summed E-state index contributed by atoms with van der Waals surface area (Å²) in [6.45, 7) is 5.57. The van der Waals surface area contributed by atoms with E-state index in [4.69, 9.17) is 5.73 Å². The Bertz CT molecular complexity index is 316. The van der Waals surface area contributed by atoms with E-state index >= 15 is 0 Å². The van der Waals surface area contributed by atoms with Gasteiger partial charge in [-0.3, -0.25) is 4.90 Å². The second-order valence-electron chi connectivity index (χ2n) is 4.72. The Kier molecular flexibility index (Phi) is 3.78. The van der Waals surface area contributed by atoms with Crippen LogP contribution < -0.4 is 5.73 Å². The summed E-state index contributed by atoms with van der Waals surface area (Å²) in [5.74, 6) is 1.53. The summed E-state index contributed by atoms with van der Waals surface area (Å²) < 4.78 is 0. The molecule has 1 aromatic rings. The van der Waals surface area contributed by atoms with Gasteiger partial charge in [-0.1, -0.05) is 19.4 Å².